The molecule has 0 heterocycles. The molecule has 0 radical (unpaired) electrons. The van der Waals surface area contributed by atoms with E-state index in [1.165, 1.54) is 111 Å². The molecule has 14 rings (SSSR count). The lowest BCUT2D eigenvalue weighted by atomic mass is 9.70. The minimum Gasteiger partial charge on any atom is -0.309 e. The fourth-order valence-corrected chi connectivity index (χ4v) is 12.9. The van der Waals surface area contributed by atoms with Crippen molar-refractivity contribution in [1.29, 1.82) is 0 Å². The van der Waals surface area contributed by atoms with Crippen LogP contribution in [0.4, 0.5) is 17.1 Å². The molecular formula is C70H49N. The summed E-state index contributed by atoms with van der Waals surface area (Å²) in [5.74, 6) is 0. The lowest BCUT2D eigenvalue weighted by molar-refractivity contribution is 0.660. The number of fused-ring (bicyclic) bond motifs is 13. The van der Waals surface area contributed by atoms with Gasteiger partial charge in [-0.25, -0.2) is 0 Å². The Balaban J connectivity index is 1.07. The molecule has 1 heteroatoms. The van der Waals surface area contributed by atoms with Crippen molar-refractivity contribution in [3.05, 3.63) is 294 Å². The van der Waals surface area contributed by atoms with E-state index < -0.39 is 5.41 Å². The lowest BCUT2D eigenvalue weighted by Crippen LogP contribution is -2.26. The van der Waals surface area contributed by atoms with Crippen LogP contribution < -0.4 is 4.90 Å². The number of rotatable bonds is 7. The molecule has 334 valence electrons. The van der Waals surface area contributed by atoms with Crippen LogP contribution in [-0.2, 0) is 10.8 Å². The van der Waals surface area contributed by atoms with Gasteiger partial charge in [-0.05, 0) is 130 Å². The maximum Gasteiger partial charge on any atom is 0.0726 e. The van der Waals surface area contributed by atoms with Gasteiger partial charge in [0.2, 0.25) is 0 Å². The van der Waals surface area contributed by atoms with E-state index in [4.69, 9.17) is 0 Å². The van der Waals surface area contributed by atoms with E-state index >= 15 is 0 Å². The van der Waals surface area contributed by atoms with Gasteiger partial charge >= 0.3 is 0 Å². The normalized spacial score (nSPS) is 13.7. The Morgan fingerprint density at radius 1 is 0.254 bits per heavy atom. The van der Waals surface area contributed by atoms with Crippen LogP contribution in [0.3, 0.4) is 0 Å². The van der Waals surface area contributed by atoms with Crippen molar-refractivity contribution in [2.24, 2.45) is 0 Å². The van der Waals surface area contributed by atoms with E-state index in [1.54, 1.807) is 0 Å². The highest BCUT2D eigenvalue weighted by Crippen LogP contribution is 2.65. The molecule has 0 aliphatic heterocycles. The first kappa shape index (κ1) is 41.2. The molecule has 0 saturated heterocycles. The molecule has 0 aromatic heterocycles. The number of nitrogens with zero attached hydrogens (tertiary/aromatic N) is 1. The number of hydrogen-bond acceptors (Lipinski definition) is 1. The Labute approximate surface area is 416 Å². The summed E-state index contributed by atoms with van der Waals surface area (Å²) >= 11 is 0. The van der Waals surface area contributed by atoms with E-state index in [-0.39, 0.29) is 5.41 Å². The molecule has 0 bridgehead atoms. The van der Waals surface area contributed by atoms with E-state index in [2.05, 4.69) is 280 Å². The van der Waals surface area contributed by atoms with Crippen molar-refractivity contribution in [3.8, 4) is 77.9 Å². The second-order valence-corrected chi connectivity index (χ2v) is 19.9. The quantitative estimate of drug-likeness (QED) is 0.154. The molecule has 3 aliphatic carbocycles. The van der Waals surface area contributed by atoms with Gasteiger partial charge in [0.05, 0.1) is 16.8 Å². The standard InChI is InChI=1S/C70H49N/c1-69(2)59-35-15-11-31-55(59)58-45-49(42-43-60(58)69)48-26-19-27-50(44-48)71(65-40-20-34-52(47-24-7-4-8-25-47)67(65)56-32-10-9-28-51(56)46-22-5-3-6-23-46)66-41-21-39-64-68(66)57-33-14-18-38-63(57)70(64)61-36-16-12-29-53(61)54-30-13-17-37-62(54)70/h3-45H,1-2H3. The van der Waals surface area contributed by atoms with Gasteiger partial charge in [-0.2, -0.15) is 0 Å². The lowest BCUT2D eigenvalue weighted by Gasteiger charge is -2.33. The Bertz CT molecular complexity index is 3870. The van der Waals surface area contributed by atoms with Crippen LogP contribution >= 0.6 is 0 Å². The molecule has 11 aromatic rings. The largest absolute Gasteiger partial charge is 0.309 e. The first-order valence-corrected chi connectivity index (χ1v) is 24.9. The molecule has 71 heavy (non-hydrogen) atoms. The first-order chi connectivity index (χ1) is 35.0. The predicted molar refractivity (Wildman–Crippen MR) is 297 cm³/mol. The second kappa shape index (κ2) is 15.9. The minimum absolute atomic E-state index is 0.0684. The number of benzene rings is 11. The van der Waals surface area contributed by atoms with Crippen LogP contribution in [0.2, 0.25) is 0 Å². The van der Waals surface area contributed by atoms with Crippen molar-refractivity contribution in [3.63, 3.8) is 0 Å². The Morgan fingerprint density at radius 2 is 0.676 bits per heavy atom. The molecule has 0 unspecified atom stereocenters. The third-order valence-electron chi connectivity index (χ3n) is 15.9. The number of hydrogen-bond donors (Lipinski definition) is 0. The van der Waals surface area contributed by atoms with Crippen molar-refractivity contribution in [1.82, 2.24) is 0 Å². The fourth-order valence-electron chi connectivity index (χ4n) is 12.9. The molecule has 1 nitrogen and oxygen atoms in total. The van der Waals surface area contributed by atoms with E-state index in [0.29, 0.717) is 0 Å². The highest BCUT2D eigenvalue weighted by atomic mass is 15.1. The summed E-state index contributed by atoms with van der Waals surface area (Å²) in [6.45, 7) is 4.71. The molecular weight excluding hydrogens is 855 g/mol. The molecule has 11 aromatic carbocycles. The van der Waals surface area contributed by atoms with Gasteiger partial charge in [0.25, 0.3) is 0 Å². The third-order valence-corrected chi connectivity index (χ3v) is 15.9. The van der Waals surface area contributed by atoms with Gasteiger partial charge < -0.3 is 4.90 Å². The summed E-state index contributed by atoms with van der Waals surface area (Å²) in [7, 11) is 0. The SMILES string of the molecule is CC1(C)c2ccccc2-c2cc(-c3cccc(N(c4cccc(-c5ccccc5)c4-c4ccccc4-c4ccccc4)c4cccc5c4-c4ccccc4C54c5ccccc5-c5ccccc54)c3)ccc21. The van der Waals surface area contributed by atoms with Gasteiger partial charge in [0.1, 0.15) is 0 Å². The van der Waals surface area contributed by atoms with Crippen molar-refractivity contribution in [2.75, 3.05) is 4.90 Å². The van der Waals surface area contributed by atoms with Crippen LogP contribution in [0.1, 0.15) is 47.2 Å². The molecule has 0 N–H and O–H groups in total. The summed E-state index contributed by atoms with van der Waals surface area (Å²) in [6, 6.07) is 97.5. The van der Waals surface area contributed by atoms with Crippen LogP contribution in [0.15, 0.2) is 261 Å². The van der Waals surface area contributed by atoms with Crippen molar-refractivity contribution in [2.45, 2.75) is 24.7 Å². The topological polar surface area (TPSA) is 3.24 Å². The predicted octanol–water partition coefficient (Wildman–Crippen LogP) is 18.5. The summed E-state index contributed by atoms with van der Waals surface area (Å²) < 4.78 is 0. The fraction of sp³-hybridized carbons (Fsp3) is 0.0571. The van der Waals surface area contributed by atoms with Crippen LogP contribution in [0.5, 0.6) is 0 Å². The summed E-state index contributed by atoms with van der Waals surface area (Å²) in [6.07, 6.45) is 0. The third kappa shape index (κ3) is 6.00. The van der Waals surface area contributed by atoms with Crippen LogP contribution in [-0.4, -0.2) is 0 Å². The average molecular weight is 904 g/mol. The van der Waals surface area contributed by atoms with Gasteiger partial charge in [-0.3, -0.25) is 0 Å². The highest BCUT2D eigenvalue weighted by molar-refractivity contribution is 6.06. The summed E-state index contributed by atoms with van der Waals surface area (Å²) in [5.41, 5.74) is 28.0. The molecule has 0 saturated carbocycles. The van der Waals surface area contributed by atoms with Crippen molar-refractivity contribution >= 4 is 17.1 Å². The summed E-state index contributed by atoms with van der Waals surface area (Å²) in [5, 5.41) is 0. The zero-order chi connectivity index (χ0) is 47.3. The van der Waals surface area contributed by atoms with Gasteiger partial charge in [0.15, 0.2) is 0 Å². The van der Waals surface area contributed by atoms with Crippen LogP contribution in [0.25, 0.3) is 77.9 Å². The van der Waals surface area contributed by atoms with Gasteiger partial charge in [-0.1, -0.05) is 244 Å². The molecule has 1 spiro atoms. The summed E-state index contributed by atoms with van der Waals surface area (Å²) in [4.78, 5) is 2.58. The van der Waals surface area contributed by atoms with E-state index in [9.17, 15) is 0 Å². The molecule has 0 fully saturated rings. The molecule has 0 atom stereocenters. The number of anilines is 3. The highest BCUT2D eigenvalue weighted by Gasteiger charge is 2.52. The first-order valence-electron chi connectivity index (χ1n) is 24.9. The zero-order valence-corrected chi connectivity index (χ0v) is 39.8. The van der Waals surface area contributed by atoms with Gasteiger partial charge in [0, 0.05) is 22.2 Å². The Hall–Kier alpha value is -8.78. The van der Waals surface area contributed by atoms with Crippen LogP contribution in [0, 0.1) is 0 Å². The maximum absolute atomic E-state index is 2.58. The smallest absolute Gasteiger partial charge is 0.0726 e. The van der Waals surface area contributed by atoms with E-state index in [1.807, 2.05) is 0 Å². The average Bonchev–Trinajstić information content (AvgIpc) is 4.00. The Morgan fingerprint density at radius 3 is 1.34 bits per heavy atom. The second-order valence-electron chi connectivity index (χ2n) is 19.9. The zero-order valence-electron chi connectivity index (χ0n) is 39.8. The monoisotopic (exact) mass is 903 g/mol. The minimum atomic E-state index is -0.494. The van der Waals surface area contributed by atoms with E-state index in [0.717, 1.165) is 17.1 Å². The maximum atomic E-state index is 2.58. The Kier molecular flexibility index (Phi) is 9.22. The van der Waals surface area contributed by atoms with Crippen molar-refractivity contribution < 1.29 is 0 Å². The molecule has 3 aliphatic rings. The van der Waals surface area contributed by atoms with Gasteiger partial charge in [-0.15, -0.1) is 0 Å². The molecule has 0 amide bonds.